The van der Waals surface area contributed by atoms with Crippen molar-refractivity contribution in [2.75, 3.05) is 0 Å². The highest BCUT2D eigenvalue weighted by molar-refractivity contribution is 6.30. The first-order chi connectivity index (χ1) is 14.3. The molecule has 4 nitrogen and oxygen atoms in total. The van der Waals surface area contributed by atoms with Crippen molar-refractivity contribution >= 4 is 23.6 Å². The minimum absolute atomic E-state index is 0.0239. The number of hydrogen-bond donors (Lipinski definition) is 2. The molecule has 3 rings (SSSR count). The molecule has 0 spiro atoms. The number of alkyl halides is 6. The van der Waals surface area contributed by atoms with Gasteiger partial charge in [0.05, 0.1) is 16.7 Å². The number of aliphatic carboxylic acids is 1. The first-order valence-electron chi connectivity index (χ1n) is 8.46. The molecule has 0 bridgehead atoms. The Morgan fingerprint density at radius 1 is 1.00 bits per heavy atom. The molecule has 11 heteroatoms. The second-order valence-corrected chi connectivity index (χ2v) is 6.82. The van der Waals surface area contributed by atoms with E-state index in [1.165, 1.54) is 12.3 Å². The van der Waals surface area contributed by atoms with Crippen LogP contribution >= 0.6 is 11.6 Å². The number of hydrogen-bond acceptors (Lipinski definition) is 1. The van der Waals surface area contributed by atoms with Crippen molar-refractivity contribution in [2.24, 2.45) is 0 Å². The summed E-state index contributed by atoms with van der Waals surface area (Å²) < 4.78 is 80.0. The SMILES string of the molecule is O=C(O)C=Cc1c[n+](-c2cc(C(F)(F)F)cc(C(F)(F)F)c2)[nH]c1-c1cccc(Cl)c1. The van der Waals surface area contributed by atoms with Gasteiger partial charge in [0.1, 0.15) is 5.69 Å². The van der Waals surface area contributed by atoms with Crippen LogP contribution in [0, 0.1) is 0 Å². The van der Waals surface area contributed by atoms with E-state index >= 15 is 0 Å². The number of nitrogens with zero attached hydrogens (tertiary/aromatic N) is 1. The lowest BCUT2D eigenvalue weighted by Crippen LogP contribution is -2.33. The first kappa shape index (κ1) is 22.4. The van der Waals surface area contributed by atoms with Gasteiger partial charge in [-0.05, 0) is 24.3 Å². The van der Waals surface area contributed by atoms with Crippen molar-refractivity contribution in [3.8, 4) is 16.9 Å². The van der Waals surface area contributed by atoms with E-state index in [2.05, 4.69) is 5.10 Å². The lowest BCUT2D eigenvalue weighted by atomic mass is 10.1. The summed E-state index contributed by atoms with van der Waals surface area (Å²) in [6, 6.07) is 7.37. The number of carboxylic acids is 1. The van der Waals surface area contributed by atoms with E-state index in [1.54, 1.807) is 18.2 Å². The van der Waals surface area contributed by atoms with Crippen LogP contribution in [0.3, 0.4) is 0 Å². The summed E-state index contributed by atoms with van der Waals surface area (Å²) in [6.45, 7) is 0. The summed E-state index contributed by atoms with van der Waals surface area (Å²) in [6.07, 6.45) is -6.89. The monoisotopic (exact) mass is 461 g/mol. The average molecular weight is 462 g/mol. The fourth-order valence-corrected chi connectivity index (χ4v) is 2.99. The van der Waals surface area contributed by atoms with Crippen LogP contribution in [0.2, 0.25) is 5.02 Å². The van der Waals surface area contributed by atoms with Crippen LogP contribution in [-0.2, 0) is 17.1 Å². The topological polar surface area (TPSA) is 57.0 Å². The van der Waals surface area contributed by atoms with Gasteiger partial charge in [0.15, 0.2) is 0 Å². The number of aromatic nitrogens is 2. The molecule has 1 aromatic heterocycles. The Hall–Kier alpha value is -3.27. The highest BCUT2D eigenvalue weighted by Crippen LogP contribution is 2.36. The minimum atomic E-state index is -5.01. The third-order valence-corrected chi connectivity index (χ3v) is 4.39. The van der Waals surface area contributed by atoms with Crippen molar-refractivity contribution < 1.29 is 40.9 Å². The zero-order valence-electron chi connectivity index (χ0n) is 15.2. The Balaban J connectivity index is 2.23. The van der Waals surface area contributed by atoms with E-state index in [0.717, 1.165) is 16.8 Å². The maximum atomic E-state index is 13.2. The average Bonchev–Trinajstić information content (AvgIpc) is 3.09. The van der Waals surface area contributed by atoms with Gasteiger partial charge >= 0.3 is 18.3 Å². The molecule has 1 heterocycles. The summed E-state index contributed by atoms with van der Waals surface area (Å²) in [4.78, 5) is 10.9. The van der Waals surface area contributed by atoms with Gasteiger partial charge < -0.3 is 5.11 Å². The molecule has 0 aliphatic heterocycles. The number of halogens is 7. The molecule has 0 amide bonds. The van der Waals surface area contributed by atoms with Crippen LogP contribution < -0.4 is 4.68 Å². The Labute approximate surface area is 176 Å². The smallest absolute Gasteiger partial charge is 0.416 e. The number of rotatable bonds is 4. The van der Waals surface area contributed by atoms with Crippen molar-refractivity contribution in [1.29, 1.82) is 0 Å². The molecule has 0 saturated heterocycles. The van der Waals surface area contributed by atoms with Gasteiger partial charge in [-0.3, -0.25) is 0 Å². The van der Waals surface area contributed by atoms with Crippen LogP contribution in [0.5, 0.6) is 0 Å². The molecule has 162 valence electrons. The molecule has 2 N–H and O–H groups in total. The molecule has 0 aliphatic rings. The number of benzene rings is 2. The number of carbonyl (C=O) groups is 1. The molecular formula is C20H12ClF6N2O2+. The van der Waals surface area contributed by atoms with Gasteiger partial charge in [0, 0.05) is 28.8 Å². The minimum Gasteiger partial charge on any atom is -0.478 e. The van der Waals surface area contributed by atoms with Gasteiger partial charge in [-0.25, -0.2) is 4.79 Å². The van der Waals surface area contributed by atoms with E-state index in [-0.39, 0.29) is 17.3 Å². The molecule has 3 aromatic rings. The molecule has 0 aliphatic carbocycles. The molecule has 2 aromatic carbocycles. The van der Waals surface area contributed by atoms with E-state index in [0.29, 0.717) is 22.7 Å². The van der Waals surface area contributed by atoms with Gasteiger partial charge in [-0.15, -0.1) is 0 Å². The van der Waals surface area contributed by atoms with Crippen LogP contribution in [0.1, 0.15) is 16.7 Å². The van der Waals surface area contributed by atoms with Crippen molar-refractivity contribution in [3.05, 3.63) is 76.5 Å². The van der Waals surface area contributed by atoms with Crippen molar-refractivity contribution in [3.63, 3.8) is 0 Å². The van der Waals surface area contributed by atoms with Crippen LogP contribution in [-0.4, -0.2) is 16.2 Å². The molecule has 0 unspecified atom stereocenters. The molecule has 0 radical (unpaired) electrons. The van der Waals surface area contributed by atoms with Gasteiger partial charge in [-0.1, -0.05) is 28.4 Å². The second-order valence-electron chi connectivity index (χ2n) is 6.39. The van der Waals surface area contributed by atoms with Crippen LogP contribution in [0.15, 0.2) is 54.7 Å². The fraction of sp³-hybridized carbons (Fsp3) is 0.100. The Bertz CT molecular complexity index is 1130. The van der Waals surface area contributed by atoms with E-state index in [4.69, 9.17) is 16.7 Å². The highest BCUT2D eigenvalue weighted by atomic mass is 35.5. The zero-order valence-corrected chi connectivity index (χ0v) is 16.0. The summed E-state index contributed by atoms with van der Waals surface area (Å²) in [5.74, 6) is -1.29. The molecule has 0 atom stereocenters. The fourth-order valence-electron chi connectivity index (χ4n) is 2.80. The quantitative estimate of drug-likeness (QED) is 0.295. The van der Waals surface area contributed by atoms with Gasteiger partial charge in [0.2, 0.25) is 11.9 Å². The third-order valence-electron chi connectivity index (χ3n) is 4.16. The highest BCUT2D eigenvalue weighted by Gasteiger charge is 2.38. The number of aromatic amines is 1. The number of H-pyrrole nitrogens is 1. The van der Waals surface area contributed by atoms with Crippen molar-refractivity contribution in [1.82, 2.24) is 5.10 Å². The molecule has 0 fully saturated rings. The van der Waals surface area contributed by atoms with Gasteiger partial charge in [-0.2, -0.15) is 31.4 Å². The Kier molecular flexibility index (Phi) is 5.86. The largest absolute Gasteiger partial charge is 0.478 e. The van der Waals surface area contributed by atoms with E-state index < -0.39 is 35.1 Å². The summed E-state index contributed by atoms with van der Waals surface area (Å²) in [5.41, 5.74) is -2.51. The first-order valence-corrected chi connectivity index (χ1v) is 8.84. The summed E-state index contributed by atoms with van der Waals surface area (Å²) in [5, 5.41) is 11.9. The molecular weight excluding hydrogens is 450 g/mol. The number of carboxylic acid groups (broad SMARTS) is 1. The summed E-state index contributed by atoms with van der Waals surface area (Å²) >= 11 is 5.96. The lowest BCUT2D eigenvalue weighted by molar-refractivity contribution is -0.654. The van der Waals surface area contributed by atoms with Gasteiger partial charge in [0.25, 0.3) is 0 Å². The molecule has 31 heavy (non-hydrogen) atoms. The lowest BCUT2D eigenvalue weighted by Gasteiger charge is -2.11. The normalized spacial score (nSPS) is 12.5. The predicted octanol–water partition coefficient (Wildman–Crippen LogP) is 5.75. The molecule has 0 saturated carbocycles. The van der Waals surface area contributed by atoms with Crippen LogP contribution in [0.25, 0.3) is 23.0 Å². The maximum Gasteiger partial charge on any atom is 0.416 e. The zero-order chi connectivity index (χ0) is 23.0. The van der Waals surface area contributed by atoms with Crippen LogP contribution in [0.4, 0.5) is 26.3 Å². The third kappa shape index (κ3) is 5.26. The van der Waals surface area contributed by atoms with E-state index in [1.807, 2.05) is 0 Å². The van der Waals surface area contributed by atoms with E-state index in [9.17, 15) is 31.1 Å². The predicted molar refractivity (Wildman–Crippen MR) is 99.4 cm³/mol. The standard InChI is InChI=1S/C20H11ClF6N2O2/c21-15-3-1-2-11(6-15)18-12(4-5-17(30)31)10-29(28-18)16-8-13(19(22,23)24)7-14(9-16)20(25,26)27/h1-10H,(H,30,31)/p+1. The summed E-state index contributed by atoms with van der Waals surface area (Å²) in [7, 11) is 0. The van der Waals surface area contributed by atoms with Crippen molar-refractivity contribution in [2.45, 2.75) is 12.4 Å². The maximum absolute atomic E-state index is 13.2. The number of nitrogens with one attached hydrogen (secondary N) is 1. The second kappa shape index (κ2) is 8.10. The Morgan fingerprint density at radius 3 is 2.13 bits per heavy atom. The Morgan fingerprint density at radius 2 is 1.61 bits per heavy atom.